The van der Waals surface area contributed by atoms with Gasteiger partial charge in [-0.05, 0) is 25.1 Å². The van der Waals surface area contributed by atoms with Gasteiger partial charge >= 0.3 is 0 Å². The van der Waals surface area contributed by atoms with E-state index in [9.17, 15) is 4.79 Å². The van der Waals surface area contributed by atoms with Crippen molar-refractivity contribution >= 4 is 46.4 Å². The Balaban J connectivity index is 2.04. The summed E-state index contributed by atoms with van der Waals surface area (Å²) in [5.41, 5.74) is 1.20. The summed E-state index contributed by atoms with van der Waals surface area (Å²) < 4.78 is 15.7. The molecule has 9 heteroatoms. The summed E-state index contributed by atoms with van der Waals surface area (Å²) in [6.45, 7) is 1.62. The Bertz CT molecular complexity index is 1030. The van der Waals surface area contributed by atoms with Gasteiger partial charge in [0.25, 0.3) is 5.91 Å². The first-order valence-corrected chi connectivity index (χ1v) is 9.14. The molecule has 1 aromatic heterocycles. The third-order valence-corrected chi connectivity index (χ3v) is 4.94. The molecule has 0 radical (unpaired) electrons. The molecular formula is C19H15Cl3N2O4. The van der Waals surface area contributed by atoms with Crippen LogP contribution in [0.5, 0.6) is 11.5 Å². The van der Waals surface area contributed by atoms with Crippen LogP contribution in [-0.2, 0) is 0 Å². The van der Waals surface area contributed by atoms with Crippen LogP contribution in [0.15, 0.2) is 34.9 Å². The van der Waals surface area contributed by atoms with Gasteiger partial charge in [-0.1, -0.05) is 46.0 Å². The van der Waals surface area contributed by atoms with Crippen LogP contribution in [0.1, 0.15) is 16.1 Å². The number of carbonyl (C=O) groups excluding carboxylic acids is 1. The van der Waals surface area contributed by atoms with Gasteiger partial charge in [-0.25, -0.2) is 0 Å². The highest BCUT2D eigenvalue weighted by Crippen LogP contribution is 2.39. The van der Waals surface area contributed by atoms with E-state index < -0.39 is 5.91 Å². The molecule has 0 atom stereocenters. The van der Waals surface area contributed by atoms with Crippen LogP contribution in [0.3, 0.4) is 0 Å². The van der Waals surface area contributed by atoms with E-state index in [1.165, 1.54) is 20.3 Å². The fraction of sp³-hybridized carbons (Fsp3) is 0.158. The average Bonchev–Trinajstić information content (AvgIpc) is 3.03. The van der Waals surface area contributed by atoms with Gasteiger partial charge in [0.05, 0.1) is 35.0 Å². The molecule has 0 saturated heterocycles. The molecule has 2 aromatic carbocycles. The largest absolute Gasteiger partial charge is 0.495 e. The Morgan fingerprint density at radius 1 is 1.04 bits per heavy atom. The van der Waals surface area contributed by atoms with Crippen molar-refractivity contribution in [2.75, 3.05) is 19.5 Å². The minimum atomic E-state index is -0.482. The van der Waals surface area contributed by atoms with Crippen LogP contribution >= 0.6 is 34.8 Å². The lowest BCUT2D eigenvalue weighted by atomic mass is 10.1. The lowest BCUT2D eigenvalue weighted by Crippen LogP contribution is -2.14. The summed E-state index contributed by atoms with van der Waals surface area (Å²) in [6.07, 6.45) is 0. The minimum absolute atomic E-state index is 0.198. The Labute approximate surface area is 176 Å². The molecule has 1 N–H and O–H groups in total. The highest BCUT2D eigenvalue weighted by Gasteiger charge is 2.26. The van der Waals surface area contributed by atoms with E-state index in [4.69, 9.17) is 48.8 Å². The summed E-state index contributed by atoms with van der Waals surface area (Å²) in [6, 6.07) is 8.11. The normalized spacial score (nSPS) is 10.6. The summed E-state index contributed by atoms with van der Waals surface area (Å²) in [7, 11) is 2.96. The van der Waals surface area contributed by atoms with Crippen LogP contribution in [0.4, 0.5) is 5.69 Å². The van der Waals surface area contributed by atoms with Gasteiger partial charge < -0.3 is 19.3 Å². The first-order chi connectivity index (χ1) is 13.4. The van der Waals surface area contributed by atoms with E-state index in [2.05, 4.69) is 10.5 Å². The molecule has 0 fully saturated rings. The number of benzene rings is 2. The number of rotatable bonds is 5. The number of nitrogens with one attached hydrogen (secondary N) is 1. The molecule has 28 heavy (non-hydrogen) atoms. The molecule has 0 aliphatic rings. The number of anilines is 1. The number of hydrogen-bond donors (Lipinski definition) is 1. The molecule has 1 heterocycles. The van der Waals surface area contributed by atoms with E-state index in [-0.39, 0.29) is 11.3 Å². The third kappa shape index (κ3) is 3.76. The fourth-order valence-electron chi connectivity index (χ4n) is 2.68. The Hall–Kier alpha value is -2.41. The molecular weight excluding hydrogens is 427 g/mol. The van der Waals surface area contributed by atoms with Gasteiger partial charge in [-0.2, -0.15) is 0 Å². The van der Waals surface area contributed by atoms with Crippen LogP contribution < -0.4 is 14.8 Å². The van der Waals surface area contributed by atoms with E-state index in [0.29, 0.717) is 43.6 Å². The molecule has 146 valence electrons. The minimum Gasteiger partial charge on any atom is -0.495 e. The number of halogens is 3. The third-order valence-electron chi connectivity index (χ3n) is 4.01. The number of nitrogens with zero attached hydrogens (tertiary/aromatic N) is 1. The lowest BCUT2D eigenvalue weighted by Gasteiger charge is -2.13. The van der Waals surface area contributed by atoms with Crippen molar-refractivity contribution in [2.45, 2.75) is 6.92 Å². The monoisotopic (exact) mass is 440 g/mol. The van der Waals surface area contributed by atoms with Crippen molar-refractivity contribution in [3.05, 3.63) is 56.7 Å². The Kier molecular flexibility index (Phi) is 6.03. The number of methoxy groups -OCH3 is 2. The smallest absolute Gasteiger partial charge is 0.261 e. The van der Waals surface area contributed by atoms with Crippen LogP contribution in [0.2, 0.25) is 15.1 Å². The molecule has 3 rings (SSSR count). The van der Waals surface area contributed by atoms with Crippen molar-refractivity contribution < 1.29 is 18.8 Å². The molecule has 0 spiro atoms. The summed E-state index contributed by atoms with van der Waals surface area (Å²) in [5, 5.41) is 7.74. The molecule has 3 aromatic rings. The second-order valence-corrected chi connectivity index (χ2v) is 6.92. The molecule has 0 unspecified atom stereocenters. The Morgan fingerprint density at radius 3 is 2.29 bits per heavy atom. The van der Waals surface area contributed by atoms with Crippen LogP contribution in [-0.4, -0.2) is 25.3 Å². The maximum atomic E-state index is 13.0. The standard InChI is InChI=1S/C19H15Cl3N2O4/c1-9-16(18(24-28-9)17-10(20)5-4-6-11(17)21)19(25)23-13-7-12(22)14(26-2)8-15(13)27-3/h4-8H,1-3H3,(H,23,25). The predicted molar refractivity (Wildman–Crippen MR) is 109 cm³/mol. The van der Waals surface area contributed by atoms with Gasteiger partial charge in [0.1, 0.15) is 28.5 Å². The number of amides is 1. The molecule has 0 bridgehead atoms. The molecule has 6 nitrogen and oxygen atoms in total. The maximum absolute atomic E-state index is 13.0. The quantitative estimate of drug-likeness (QED) is 0.535. The zero-order valence-corrected chi connectivity index (χ0v) is 17.4. The second-order valence-electron chi connectivity index (χ2n) is 5.70. The number of aryl methyl sites for hydroxylation is 1. The second kappa shape index (κ2) is 8.31. The van der Waals surface area contributed by atoms with Gasteiger partial charge in [0.15, 0.2) is 0 Å². The maximum Gasteiger partial charge on any atom is 0.261 e. The molecule has 0 aliphatic carbocycles. The van der Waals surface area contributed by atoms with Crippen LogP contribution in [0.25, 0.3) is 11.3 Å². The van der Waals surface area contributed by atoms with E-state index in [1.807, 2.05) is 0 Å². The van der Waals surface area contributed by atoms with Gasteiger partial charge in [-0.15, -0.1) is 0 Å². The van der Waals surface area contributed by atoms with Crippen molar-refractivity contribution in [1.82, 2.24) is 5.16 Å². The van der Waals surface area contributed by atoms with E-state index in [0.717, 1.165) is 0 Å². The molecule has 1 amide bonds. The average molecular weight is 442 g/mol. The van der Waals surface area contributed by atoms with Crippen molar-refractivity contribution in [3.8, 4) is 22.8 Å². The summed E-state index contributed by atoms with van der Waals surface area (Å²) >= 11 is 18.7. The first kappa shape index (κ1) is 20.3. The zero-order chi connectivity index (χ0) is 20.4. The van der Waals surface area contributed by atoms with Gasteiger partial charge in [-0.3, -0.25) is 4.79 Å². The molecule has 0 aliphatic heterocycles. The Morgan fingerprint density at radius 2 is 1.68 bits per heavy atom. The zero-order valence-electron chi connectivity index (χ0n) is 15.1. The van der Waals surface area contributed by atoms with Crippen molar-refractivity contribution in [3.63, 3.8) is 0 Å². The number of ether oxygens (including phenoxy) is 2. The molecule has 0 saturated carbocycles. The van der Waals surface area contributed by atoms with Crippen molar-refractivity contribution in [1.29, 1.82) is 0 Å². The fourth-order valence-corrected chi connectivity index (χ4v) is 3.49. The van der Waals surface area contributed by atoms with E-state index in [1.54, 1.807) is 31.2 Å². The van der Waals surface area contributed by atoms with Crippen LogP contribution in [0, 0.1) is 6.92 Å². The summed E-state index contributed by atoms with van der Waals surface area (Å²) in [4.78, 5) is 13.0. The number of hydrogen-bond acceptors (Lipinski definition) is 5. The predicted octanol–water partition coefficient (Wildman–Crippen LogP) is 5.88. The topological polar surface area (TPSA) is 73.6 Å². The van der Waals surface area contributed by atoms with Gasteiger partial charge in [0, 0.05) is 11.6 Å². The SMILES string of the molecule is COc1cc(OC)c(NC(=O)c2c(-c3c(Cl)cccc3Cl)noc2C)cc1Cl. The van der Waals surface area contributed by atoms with Gasteiger partial charge in [0.2, 0.25) is 0 Å². The first-order valence-electron chi connectivity index (χ1n) is 8.00. The van der Waals surface area contributed by atoms with E-state index >= 15 is 0 Å². The lowest BCUT2D eigenvalue weighted by molar-refractivity contribution is 0.102. The summed E-state index contributed by atoms with van der Waals surface area (Å²) in [5.74, 6) is 0.619. The highest BCUT2D eigenvalue weighted by atomic mass is 35.5. The van der Waals surface area contributed by atoms with Crippen molar-refractivity contribution in [2.24, 2.45) is 0 Å². The highest BCUT2D eigenvalue weighted by molar-refractivity contribution is 6.39. The number of aromatic nitrogens is 1. The number of carbonyl (C=O) groups is 1.